The number of rotatable bonds is 1. The lowest BCUT2D eigenvalue weighted by Crippen LogP contribution is -2.18. The highest BCUT2D eigenvalue weighted by Crippen LogP contribution is 2.09. The molecule has 0 saturated carbocycles. The molecule has 0 amide bonds. The lowest BCUT2D eigenvalue weighted by Gasteiger charge is -2.16. The highest BCUT2D eigenvalue weighted by Gasteiger charge is 2.11. The van der Waals surface area contributed by atoms with Crippen LogP contribution in [0.3, 0.4) is 0 Å². The highest BCUT2D eigenvalue weighted by molar-refractivity contribution is 4.66. The number of ether oxygens (including phenoxy) is 1. The summed E-state index contributed by atoms with van der Waals surface area (Å²) >= 11 is 0. The van der Waals surface area contributed by atoms with Crippen LogP contribution in [-0.2, 0) is 4.74 Å². The second-order valence-corrected chi connectivity index (χ2v) is 2.07. The van der Waals surface area contributed by atoms with Gasteiger partial charge in [0.05, 0.1) is 6.04 Å². The first-order valence-electron chi connectivity index (χ1n) is 3.11. The van der Waals surface area contributed by atoms with Crippen molar-refractivity contribution in [1.29, 1.82) is 0 Å². The number of hydrogen-bond donors (Lipinski definition) is 1. The van der Waals surface area contributed by atoms with Gasteiger partial charge in [0.1, 0.15) is 0 Å². The molecule has 0 aromatic rings. The Morgan fingerprint density at radius 2 is 2.00 bits per heavy atom. The Morgan fingerprint density at radius 1 is 1.33 bits per heavy atom. The van der Waals surface area contributed by atoms with Gasteiger partial charge in [0.15, 0.2) is 0 Å². The first-order chi connectivity index (χ1) is 4.43. The van der Waals surface area contributed by atoms with E-state index >= 15 is 0 Å². The van der Waals surface area contributed by atoms with E-state index in [-0.39, 0.29) is 0 Å². The zero-order chi connectivity index (χ0) is 6.53. The summed E-state index contributed by atoms with van der Waals surface area (Å²) < 4.78 is 5.10. The third kappa shape index (κ3) is 1.97. The van der Waals surface area contributed by atoms with Crippen LogP contribution in [0.5, 0.6) is 0 Å². The minimum Gasteiger partial charge on any atom is -0.381 e. The maximum absolute atomic E-state index is 5.10. The Kier molecular flexibility index (Phi) is 2.45. The molecule has 0 radical (unpaired) electrons. The third-order valence-corrected chi connectivity index (χ3v) is 1.42. The molecule has 0 aliphatic carbocycles. The van der Waals surface area contributed by atoms with Gasteiger partial charge in [-0.1, -0.05) is 5.22 Å². The van der Waals surface area contributed by atoms with Gasteiger partial charge in [-0.05, 0) is 12.8 Å². The van der Waals surface area contributed by atoms with Crippen LogP contribution in [-0.4, -0.2) is 19.3 Å². The van der Waals surface area contributed by atoms with Crippen molar-refractivity contribution in [1.82, 2.24) is 0 Å². The molecular weight excluding hydrogens is 118 g/mol. The summed E-state index contributed by atoms with van der Waals surface area (Å²) in [4.78, 5) is 0. The van der Waals surface area contributed by atoms with Gasteiger partial charge < -0.3 is 10.6 Å². The van der Waals surface area contributed by atoms with Gasteiger partial charge in [-0.25, -0.2) is 0 Å². The lowest BCUT2D eigenvalue weighted by atomic mass is 10.1. The van der Waals surface area contributed by atoms with E-state index < -0.39 is 0 Å². The van der Waals surface area contributed by atoms with Gasteiger partial charge >= 0.3 is 0 Å². The predicted molar refractivity (Wildman–Crippen MR) is 32.9 cm³/mol. The van der Waals surface area contributed by atoms with E-state index in [0.29, 0.717) is 6.04 Å². The van der Waals surface area contributed by atoms with Crippen LogP contribution in [0.4, 0.5) is 0 Å². The van der Waals surface area contributed by atoms with Crippen LogP contribution in [0.15, 0.2) is 10.3 Å². The van der Waals surface area contributed by atoms with E-state index in [0.717, 1.165) is 26.1 Å². The first-order valence-corrected chi connectivity index (χ1v) is 3.11. The van der Waals surface area contributed by atoms with E-state index in [2.05, 4.69) is 10.3 Å². The molecule has 2 N–H and O–H groups in total. The fraction of sp³-hybridized carbons (Fsp3) is 1.00. The van der Waals surface area contributed by atoms with E-state index in [1.165, 1.54) is 0 Å². The van der Waals surface area contributed by atoms with Gasteiger partial charge in [-0.15, -0.1) is 0 Å². The molecule has 1 rings (SSSR count). The largest absolute Gasteiger partial charge is 0.381 e. The Morgan fingerprint density at radius 3 is 2.56 bits per heavy atom. The molecule has 0 spiro atoms. The van der Waals surface area contributed by atoms with Crippen molar-refractivity contribution >= 4 is 0 Å². The summed E-state index contributed by atoms with van der Waals surface area (Å²) in [5.41, 5.74) is 0. The van der Waals surface area contributed by atoms with Crippen molar-refractivity contribution in [2.75, 3.05) is 13.2 Å². The standard InChI is InChI=1S/C5H11N3O/c6-8-7-5-1-3-9-4-2-5/h5H,1-4H2,(H2,6,7). The molecular formula is C5H11N3O. The second-order valence-electron chi connectivity index (χ2n) is 2.07. The molecule has 0 aromatic carbocycles. The molecule has 0 bridgehead atoms. The molecule has 1 saturated heterocycles. The number of hydrogen-bond acceptors (Lipinski definition) is 3. The summed E-state index contributed by atoms with van der Waals surface area (Å²) in [5, 5.41) is 7.04. The van der Waals surface area contributed by atoms with Gasteiger partial charge in [0.25, 0.3) is 0 Å². The van der Waals surface area contributed by atoms with Crippen molar-refractivity contribution < 1.29 is 4.74 Å². The Balaban J connectivity index is 2.23. The molecule has 1 heterocycles. The molecule has 1 aliphatic heterocycles. The number of nitrogens with zero attached hydrogens (tertiary/aromatic N) is 2. The molecule has 0 unspecified atom stereocenters. The summed E-state index contributed by atoms with van der Waals surface area (Å²) in [6.07, 6.45) is 1.92. The van der Waals surface area contributed by atoms with Gasteiger partial charge in [-0.3, -0.25) is 0 Å². The third-order valence-electron chi connectivity index (χ3n) is 1.42. The Hall–Kier alpha value is -0.640. The molecule has 1 aliphatic rings. The summed E-state index contributed by atoms with van der Waals surface area (Å²) in [7, 11) is 0. The molecule has 9 heavy (non-hydrogen) atoms. The van der Waals surface area contributed by atoms with Crippen molar-refractivity contribution in [2.45, 2.75) is 18.9 Å². The predicted octanol–water partition coefficient (Wildman–Crippen LogP) is 0.491. The molecule has 0 aromatic heterocycles. The fourth-order valence-corrected chi connectivity index (χ4v) is 0.895. The maximum atomic E-state index is 5.10. The van der Waals surface area contributed by atoms with Gasteiger partial charge in [0.2, 0.25) is 0 Å². The van der Waals surface area contributed by atoms with E-state index in [9.17, 15) is 0 Å². The molecule has 4 nitrogen and oxygen atoms in total. The molecule has 4 heteroatoms. The lowest BCUT2D eigenvalue weighted by molar-refractivity contribution is 0.0855. The monoisotopic (exact) mass is 129 g/mol. The van der Waals surface area contributed by atoms with Crippen molar-refractivity contribution in [3.05, 3.63) is 0 Å². The Labute approximate surface area is 54.1 Å². The van der Waals surface area contributed by atoms with Crippen LogP contribution >= 0.6 is 0 Å². The summed E-state index contributed by atoms with van der Waals surface area (Å²) in [6, 6.07) is 0.309. The van der Waals surface area contributed by atoms with Crippen LogP contribution in [0, 0.1) is 0 Å². The average molecular weight is 129 g/mol. The van der Waals surface area contributed by atoms with Crippen molar-refractivity contribution in [2.24, 2.45) is 16.2 Å². The van der Waals surface area contributed by atoms with Crippen LogP contribution in [0.25, 0.3) is 0 Å². The van der Waals surface area contributed by atoms with Gasteiger partial charge in [-0.2, -0.15) is 5.11 Å². The minimum atomic E-state index is 0.309. The smallest absolute Gasteiger partial charge is 0.0773 e. The molecule has 0 atom stereocenters. The zero-order valence-corrected chi connectivity index (χ0v) is 5.29. The van der Waals surface area contributed by atoms with Crippen LogP contribution < -0.4 is 5.84 Å². The fourth-order valence-electron chi connectivity index (χ4n) is 0.895. The molecule has 1 fully saturated rings. The Bertz CT molecular complexity index is 98.4. The quantitative estimate of drug-likeness (QED) is 0.318. The second kappa shape index (κ2) is 3.40. The van der Waals surface area contributed by atoms with Crippen molar-refractivity contribution in [3.63, 3.8) is 0 Å². The van der Waals surface area contributed by atoms with Crippen LogP contribution in [0.1, 0.15) is 12.8 Å². The first kappa shape index (κ1) is 6.48. The topological polar surface area (TPSA) is 60.0 Å². The van der Waals surface area contributed by atoms with E-state index in [4.69, 9.17) is 10.6 Å². The van der Waals surface area contributed by atoms with Crippen LogP contribution in [0.2, 0.25) is 0 Å². The minimum absolute atomic E-state index is 0.309. The van der Waals surface area contributed by atoms with E-state index in [1.54, 1.807) is 0 Å². The summed E-state index contributed by atoms with van der Waals surface area (Å²) in [5.74, 6) is 4.88. The highest BCUT2D eigenvalue weighted by atomic mass is 16.5. The molecule has 52 valence electrons. The normalized spacial score (nSPS) is 23.1. The summed E-state index contributed by atoms with van der Waals surface area (Å²) in [6.45, 7) is 1.59. The average Bonchev–Trinajstić information content (AvgIpc) is 1.91. The SMILES string of the molecule is NN=NC1CCOCC1. The van der Waals surface area contributed by atoms with Gasteiger partial charge in [0, 0.05) is 13.2 Å². The number of nitrogens with two attached hydrogens (primary N) is 1. The van der Waals surface area contributed by atoms with Crippen molar-refractivity contribution in [3.8, 4) is 0 Å². The van der Waals surface area contributed by atoms with E-state index in [1.807, 2.05) is 0 Å². The zero-order valence-electron chi connectivity index (χ0n) is 5.29. The maximum Gasteiger partial charge on any atom is 0.0773 e.